The number of hydrogen-bond acceptors (Lipinski definition) is 7. The molecule has 32 heavy (non-hydrogen) atoms. The molecule has 0 radical (unpaired) electrons. The molecule has 0 aliphatic carbocycles. The van der Waals surface area contributed by atoms with E-state index in [0.29, 0.717) is 23.1 Å². The molecule has 0 unspecified atom stereocenters. The number of fused-ring (bicyclic) bond motifs is 1. The fourth-order valence-corrected chi connectivity index (χ4v) is 4.34. The average Bonchev–Trinajstić information content (AvgIpc) is 3.23. The van der Waals surface area contributed by atoms with Crippen LogP contribution in [0.4, 0.5) is 19.0 Å². The molecule has 0 atom stereocenters. The number of rotatable bonds is 4. The topological polar surface area (TPSA) is 71.7 Å². The molecule has 3 aromatic rings. The van der Waals surface area contributed by atoms with Gasteiger partial charge in [-0.05, 0) is 24.8 Å². The highest BCUT2D eigenvalue weighted by Crippen LogP contribution is 2.29. The summed E-state index contributed by atoms with van der Waals surface area (Å²) in [6.45, 7) is 6.50. The van der Waals surface area contributed by atoms with Crippen LogP contribution < -0.4 is 4.90 Å². The molecule has 0 N–H and O–H groups in total. The van der Waals surface area contributed by atoms with Gasteiger partial charge in [-0.25, -0.2) is 19.9 Å². The summed E-state index contributed by atoms with van der Waals surface area (Å²) < 4.78 is 46.1. The molecule has 5 heterocycles. The van der Waals surface area contributed by atoms with Crippen molar-refractivity contribution in [1.82, 2.24) is 29.2 Å². The van der Waals surface area contributed by atoms with Gasteiger partial charge in [-0.3, -0.25) is 9.30 Å². The van der Waals surface area contributed by atoms with Crippen molar-refractivity contribution in [2.45, 2.75) is 19.0 Å². The first kappa shape index (κ1) is 21.1. The summed E-state index contributed by atoms with van der Waals surface area (Å²) >= 11 is 0. The number of aromatic nitrogens is 5. The molecule has 5 rings (SSSR count). The number of imidazole rings is 1. The summed E-state index contributed by atoms with van der Waals surface area (Å²) in [6, 6.07) is 1.84. The van der Waals surface area contributed by atoms with Gasteiger partial charge in [0.2, 0.25) is 0 Å². The first-order valence-electron chi connectivity index (χ1n) is 10.8. The van der Waals surface area contributed by atoms with Crippen LogP contribution in [-0.2, 0) is 10.9 Å². The number of hydrogen-bond donors (Lipinski definition) is 0. The SMILES string of the molecule is FC(F)(F)c1cn2c(-c3nccc(N4CCC(CN5CCOCC5)CC4)n3)cnc2cn1. The van der Waals surface area contributed by atoms with Crippen LogP contribution in [0, 0.1) is 5.92 Å². The number of halogens is 3. The predicted molar refractivity (Wildman–Crippen MR) is 111 cm³/mol. The lowest BCUT2D eigenvalue weighted by Crippen LogP contribution is -2.43. The van der Waals surface area contributed by atoms with Crippen molar-refractivity contribution in [3.8, 4) is 11.5 Å². The summed E-state index contributed by atoms with van der Waals surface area (Å²) in [7, 11) is 0. The minimum atomic E-state index is -4.54. The maximum atomic E-state index is 13.1. The van der Waals surface area contributed by atoms with Gasteiger partial charge in [0.25, 0.3) is 0 Å². The standard InChI is InChI=1S/C21H24F3N7O/c22-21(23,24)17-14-31-16(11-27-19(31)12-26-17)20-25-4-1-18(28-20)30-5-2-15(3-6-30)13-29-7-9-32-10-8-29/h1,4,11-12,14-15H,2-3,5-10,13H2. The van der Waals surface area contributed by atoms with Crippen molar-refractivity contribution in [2.24, 2.45) is 5.92 Å². The van der Waals surface area contributed by atoms with Crippen molar-refractivity contribution in [3.63, 3.8) is 0 Å². The van der Waals surface area contributed by atoms with Gasteiger partial charge in [-0.1, -0.05) is 0 Å². The van der Waals surface area contributed by atoms with E-state index in [1.54, 1.807) is 6.20 Å². The molecular weight excluding hydrogens is 423 g/mol. The van der Waals surface area contributed by atoms with E-state index in [2.05, 4.69) is 29.7 Å². The maximum Gasteiger partial charge on any atom is 0.434 e. The molecule has 8 nitrogen and oxygen atoms in total. The van der Waals surface area contributed by atoms with E-state index < -0.39 is 11.9 Å². The number of nitrogens with zero attached hydrogens (tertiary/aromatic N) is 7. The van der Waals surface area contributed by atoms with Crippen LogP contribution in [0.3, 0.4) is 0 Å². The van der Waals surface area contributed by atoms with E-state index in [9.17, 15) is 13.2 Å². The number of piperidine rings is 1. The Bertz CT molecular complexity index is 1070. The van der Waals surface area contributed by atoms with Crippen molar-refractivity contribution in [2.75, 3.05) is 50.8 Å². The largest absolute Gasteiger partial charge is 0.434 e. The van der Waals surface area contributed by atoms with Crippen molar-refractivity contribution >= 4 is 11.5 Å². The zero-order chi connectivity index (χ0) is 22.1. The molecule has 11 heteroatoms. The number of ether oxygens (including phenoxy) is 1. The molecule has 2 fully saturated rings. The van der Waals surface area contributed by atoms with E-state index in [1.165, 1.54) is 10.6 Å². The molecule has 3 aromatic heterocycles. The minimum absolute atomic E-state index is 0.311. The van der Waals surface area contributed by atoms with E-state index in [-0.39, 0.29) is 0 Å². The van der Waals surface area contributed by atoms with Gasteiger partial charge in [-0.15, -0.1) is 0 Å². The van der Waals surface area contributed by atoms with Crippen molar-refractivity contribution < 1.29 is 17.9 Å². The molecule has 0 aromatic carbocycles. The Morgan fingerprint density at radius 3 is 2.53 bits per heavy atom. The van der Waals surface area contributed by atoms with Crippen molar-refractivity contribution in [1.29, 1.82) is 0 Å². The normalized spacial score (nSPS) is 19.0. The lowest BCUT2D eigenvalue weighted by Gasteiger charge is -2.36. The summed E-state index contributed by atoms with van der Waals surface area (Å²) in [5.41, 5.74) is -0.273. The second kappa shape index (κ2) is 8.62. The second-order valence-corrected chi connectivity index (χ2v) is 8.22. The number of anilines is 1. The van der Waals surface area contributed by atoms with Crippen LogP contribution in [0.2, 0.25) is 0 Å². The van der Waals surface area contributed by atoms with Crippen LogP contribution in [0.5, 0.6) is 0 Å². The van der Waals surface area contributed by atoms with E-state index >= 15 is 0 Å². The van der Waals surface area contributed by atoms with Gasteiger partial charge in [0, 0.05) is 45.1 Å². The van der Waals surface area contributed by atoms with Crippen LogP contribution in [0.25, 0.3) is 17.2 Å². The zero-order valence-corrected chi connectivity index (χ0v) is 17.5. The second-order valence-electron chi connectivity index (χ2n) is 8.22. The van der Waals surface area contributed by atoms with Gasteiger partial charge in [0.05, 0.1) is 25.6 Å². The van der Waals surface area contributed by atoms with E-state index in [1.807, 2.05) is 6.07 Å². The number of alkyl halides is 3. The molecule has 0 bridgehead atoms. The lowest BCUT2D eigenvalue weighted by molar-refractivity contribution is -0.141. The molecule has 2 aliphatic rings. The van der Waals surface area contributed by atoms with Crippen molar-refractivity contribution in [3.05, 3.63) is 36.5 Å². The highest BCUT2D eigenvalue weighted by molar-refractivity contribution is 5.58. The summed E-state index contributed by atoms with van der Waals surface area (Å²) in [6.07, 6.45) is 2.78. The Morgan fingerprint density at radius 2 is 1.78 bits per heavy atom. The third kappa shape index (κ3) is 4.40. The van der Waals surface area contributed by atoms with Gasteiger partial charge >= 0.3 is 6.18 Å². The van der Waals surface area contributed by atoms with Gasteiger partial charge in [-0.2, -0.15) is 13.2 Å². The van der Waals surface area contributed by atoms with Crippen LogP contribution >= 0.6 is 0 Å². The summed E-state index contributed by atoms with van der Waals surface area (Å²) in [5, 5.41) is 0. The Kier molecular flexibility index (Phi) is 5.68. The van der Waals surface area contributed by atoms with Gasteiger partial charge in [0.1, 0.15) is 11.5 Å². The highest BCUT2D eigenvalue weighted by Gasteiger charge is 2.33. The van der Waals surface area contributed by atoms with Crippen LogP contribution in [-0.4, -0.2) is 75.2 Å². The smallest absolute Gasteiger partial charge is 0.379 e. The Balaban J connectivity index is 1.31. The van der Waals surface area contributed by atoms with Gasteiger partial charge < -0.3 is 9.64 Å². The third-order valence-electron chi connectivity index (χ3n) is 6.11. The van der Waals surface area contributed by atoms with Crippen LogP contribution in [0.15, 0.2) is 30.9 Å². The van der Waals surface area contributed by atoms with E-state index in [0.717, 1.165) is 77.0 Å². The zero-order valence-electron chi connectivity index (χ0n) is 17.5. The quantitative estimate of drug-likeness (QED) is 0.609. The Morgan fingerprint density at radius 1 is 1.00 bits per heavy atom. The molecular formula is C21H24F3N7O. The first-order valence-corrected chi connectivity index (χ1v) is 10.8. The fourth-order valence-electron chi connectivity index (χ4n) is 4.34. The molecule has 2 saturated heterocycles. The lowest BCUT2D eigenvalue weighted by atomic mass is 9.96. The number of morpholine rings is 1. The van der Waals surface area contributed by atoms with E-state index in [4.69, 9.17) is 4.74 Å². The Hall–Kier alpha value is -2.79. The molecule has 170 valence electrons. The molecule has 0 saturated carbocycles. The highest BCUT2D eigenvalue weighted by atomic mass is 19.4. The third-order valence-corrected chi connectivity index (χ3v) is 6.11. The summed E-state index contributed by atoms with van der Waals surface area (Å²) in [5.74, 6) is 1.77. The van der Waals surface area contributed by atoms with Gasteiger partial charge in [0.15, 0.2) is 17.2 Å². The molecule has 0 spiro atoms. The molecule has 2 aliphatic heterocycles. The predicted octanol–water partition coefficient (Wildman–Crippen LogP) is 2.75. The fraction of sp³-hybridized carbons (Fsp3) is 0.524. The maximum absolute atomic E-state index is 13.1. The Labute approximate surface area is 183 Å². The van der Waals surface area contributed by atoms with Crippen LogP contribution in [0.1, 0.15) is 18.5 Å². The monoisotopic (exact) mass is 447 g/mol. The summed E-state index contributed by atoms with van der Waals surface area (Å²) in [4.78, 5) is 21.2. The average molecular weight is 447 g/mol. The minimum Gasteiger partial charge on any atom is -0.379 e. The molecule has 0 amide bonds. The first-order chi connectivity index (χ1) is 15.5.